The smallest absolute Gasteiger partial charge is 0.392 e. The van der Waals surface area contributed by atoms with E-state index in [2.05, 4.69) is 10.3 Å². The molecule has 1 aliphatic heterocycles. The van der Waals surface area contributed by atoms with E-state index in [-0.39, 0.29) is 11.9 Å². The molecule has 1 aromatic carbocycles. The summed E-state index contributed by atoms with van der Waals surface area (Å²) in [6.07, 6.45) is 2.19. The van der Waals surface area contributed by atoms with E-state index in [9.17, 15) is 4.79 Å². The summed E-state index contributed by atoms with van der Waals surface area (Å²) in [6, 6.07) is 7.96. The van der Waals surface area contributed by atoms with Crippen molar-refractivity contribution in [3.8, 4) is 0 Å². The lowest BCUT2D eigenvalue weighted by Crippen LogP contribution is -2.07. The minimum Gasteiger partial charge on any atom is -0.474 e. The van der Waals surface area contributed by atoms with Crippen molar-refractivity contribution in [1.82, 2.24) is 4.98 Å². The van der Waals surface area contributed by atoms with E-state index in [1.807, 2.05) is 24.3 Å². The van der Waals surface area contributed by atoms with Crippen LogP contribution < -0.4 is 5.32 Å². The van der Waals surface area contributed by atoms with Crippen molar-refractivity contribution >= 4 is 11.7 Å². The number of anilines is 1. The van der Waals surface area contributed by atoms with Gasteiger partial charge in [0.15, 0.2) is 0 Å². The van der Waals surface area contributed by atoms with Crippen LogP contribution in [0.15, 0.2) is 34.9 Å². The minimum absolute atomic E-state index is 0.00995. The van der Waals surface area contributed by atoms with Gasteiger partial charge in [-0.15, -0.1) is 0 Å². The first kappa shape index (κ1) is 9.89. The van der Waals surface area contributed by atoms with Gasteiger partial charge in [-0.05, 0) is 11.6 Å². The van der Waals surface area contributed by atoms with Crippen LogP contribution in [0.2, 0.25) is 0 Å². The quantitative estimate of drug-likeness (QED) is 0.826. The first-order valence-electron chi connectivity index (χ1n) is 5.27. The number of aromatic nitrogens is 1. The zero-order valence-corrected chi connectivity index (χ0v) is 8.88. The van der Waals surface area contributed by atoms with Crippen LogP contribution in [0.4, 0.5) is 5.69 Å². The molecule has 0 radical (unpaired) electrons. The Hall–Kier alpha value is -2.30. The molecule has 2 aromatic rings. The molecule has 2 heterocycles. The molecule has 0 bridgehead atoms. The van der Waals surface area contributed by atoms with Crippen LogP contribution in [0.5, 0.6) is 0 Å². The molecule has 0 saturated heterocycles. The molecular weight excluding hydrogens is 220 g/mol. The van der Waals surface area contributed by atoms with Crippen molar-refractivity contribution in [3.05, 3.63) is 47.7 Å². The number of para-hydroxylation sites is 1. The summed E-state index contributed by atoms with van der Waals surface area (Å²) in [7, 11) is 0. The molecular formula is C12H10N2O3. The van der Waals surface area contributed by atoms with Crippen LogP contribution in [0.3, 0.4) is 0 Å². The highest BCUT2D eigenvalue weighted by Gasteiger charge is 2.25. The maximum atomic E-state index is 10.7. The Morgan fingerprint density at radius 2 is 2.29 bits per heavy atom. The molecule has 0 aliphatic carbocycles. The van der Waals surface area contributed by atoms with Crippen LogP contribution >= 0.6 is 0 Å². The predicted molar refractivity (Wildman–Crippen MR) is 60.0 cm³/mol. The lowest BCUT2D eigenvalue weighted by molar-refractivity contribution is 0.0653. The second-order valence-electron chi connectivity index (χ2n) is 3.94. The fourth-order valence-corrected chi connectivity index (χ4v) is 2.02. The highest BCUT2D eigenvalue weighted by atomic mass is 16.4. The van der Waals surface area contributed by atoms with Crippen LogP contribution in [0, 0.1) is 0 Å². The number of carbonyl (C=O) groups is 1. The van der Waals surface area contributed by atoms with Gasteiger partial charge < -0.3 is 14.8 Å². The summed E-state index contributed by atoms with van der Waals surface area (Å²) >= 11 is 0. The first-order valence-corrected chi connectivity index (χ1v) is 5.27. The number of fused-ring (bicyclic) bond motifs is 1. The molecule has 0 saturated carbocycles. The van der Waals surface area contributed by atoms with Gasteiger partial charge >= 0.3 is 11.9 Å². The predicted octanol–water partition coefficient (Wildman–Crippen LogP) is 2.08. The van der Waals surface area contributed by atoms with E-state index in [1.54, 1.807) is 0 Å². The monoisotopic (exact) mass is 230 g/mol. The fourth-order valence-electron chi connectivity index (χ4n) is 2.02. The summed E-state index contributed by atoms with van der Waals surface area (Å²) in [6.45, 7) is 0. The van der Waals surface area contributed by atoms with Gasteiger partial charge in [-0.25, -0.2) is 9.78 Å². The number of hydrogen-bond donors (Lipinski definition) is 2. The van der Waals surface area contributed by atoms with E-state index >= 15 is 0 Å². The zero-order chi connectivity index (χ0) is 11.8. The number of hydrogen-bond acceptors (Lipinski definition) is 4. The Kier molecular flexibility index (Phi) is 2.11. The van der Waals surface area contributed by atoms with Gasteiger partial charge in [0.1, 0.15) is 12.0 Å². The van der Waals surface area contributed by atoms with E-state index in [1.165, 1.54) is 11.8 Å². The Balaban J connectivity index is 1.86. The zero-order valence-electron chi connectivity index (χ0n) is 8.88. The summed E-state index contributed by atoms with van der Waals surface area (Å²) in [4.78, 5) is 14.6. The normalized spacial score (nSPS) is 17.5. The van der Waals surface area contributed by atoms with Crippen LogP contribution in [0.1, 0.15) is 28.0 Å². The van der Waals surface area contributed by atoms with Crippen molar-refractivity contribution in [2.75, 3.05) is 5.32 Å². The number of carboxylic acids is 1. The third-order valence-corrected chi connectivity index (χ3v) is 2.83. The summed E-state index contributed by atoms with van der Waals surface area (Å²) in [5.74, 6) is -1.41. The molecule has 1 atom stereocenters. The highest BCUT2D eigenvalue weighted by Crippen LogP contribution is 2.33. The molecule has 3 rings (SSSR count). The lowest BCUT2D eigenvalue weighted by Gasteiger charge is -2.05. The molecule has 1 unspecified atom stereocenters. The van der Waals surface area contributed by atoms with E-state index < -0.39 is 5.97 Å². The molecule has 0 amide bonds. The average Bonchev–Trinajstić information content (AvgIpc) is 2.95. The maximum absolute atomic E-state index is 10.7. The Labute approximate surface area is 97.1 Å². The minimum atomic E-state index is -1.15. The third kappa shape index (κ3) is 1.65. The Bertz CT molecular complexity index is 552. The van der Waals surface area contributed by atoms with E-state index in [4.69, 9.17) is 9.52 Å². The maximum Gasteiger partial charge on any atom is 0.392 e. The number of nitrogens with one attached hydrogen (secondary N) is 1. The number of carboxylic acid groups (broad SMARTS) is 1. The summed E-state index contributed by atoms with van der Waals surface area (Å²) < 4.78 is 4.89. The molecule has 1 aliphatic rings. The summed E-state index contributed by atoms with van der Waals surface area (Å²) in [5.41, 5.74) is 2.90. The Morgan fingerprint density at radius 3 is 3.00 bits per heavy atom. The SMILES string of the molecule is O=C(O)c1nc(C2Cc3ccccc3N2)co1. The molecule has 17 heavy (non-hydrogen) atoms. The summed E-state index contributed by atoms with van der Waals surface area (Å²) in [5, 5.41) is 12.0. The molecule has 0 fully saturated rings. The standard InChI is InChI=1S/C12H10N2O3/c15-12(16)11-14-10(6-17-11)9-5-7-3-1-2-4-8(7)13-9/h1-4,6,9,13H,5H2,(H,15,16). The van der Waals surface area contributed by atoms with Crippen LogP contribution in [-0.2, 0) is 6.42 Å². The highest BCUT2D eigenvalue weighted by molar-refractivity contribution is 5.82. The fraction of sp³-hybridized carbons (Fsp3) is 0.167. The van der Waals surface area contributed by atoms with Crippen molar-refractivity contribution in [2.45, 2.75) is 12.5 Å². The number of rotatable bonds is 2. The lowest BCUT2D eigenvalue weighted by atomic mass is 10.1. The first-order chi connectivity index (χ1) is 8.24. The van der Waals surface area contributed by atoms with Gasteiger partial charge in [0.05, 0.1) is 6.04 Å². The van der Waals surface area contributed by atoms with E-state index in [0.717, 1.165) is 12.1 Å². The molecule has 86 valence electrons. The van der Waals surface area contributed by atoms with Crippen LogP contribution in [0.25, 0.3) is 0 Å². The Morgan fingerprint density at radius 1 is 1.47 bits per heavy atom. The number of nitrogens with zero attached hydrogens (tertiary/aromatic N) is 1. The average molecular weight is 230 g/mol. The molecule has 5 nitrogen and oxygen atoms in total. The number of benzene rings is 1. The van der Waals surface area contributed by atoms with Gasteiger partial charge in [0.25, 0.3) is 0 Å². The van der Waals surface area contributed by atoms with Crippen molar-refractivity contribution in [2.24, 2.45) is 0 Å². The van der Waals surface area contributed by atoms with Gasteiger partial charge in [-0.3, -0.25) is 0 Å². The molecule has 0 spiro atoms. The second kappa shape index (κ2) is 3.62. The van der Waals surface area contributed by atoms with Crippen molar-refractivity contribution < 1.29 is 14.3 Å². The van der Waals surface area contributed by atoms with Gasteiger partial charge in [-0.1, -0.05) is 18.2 Å². The molecule has 2 N–H and O–H groups in total. The van der Waals surface area contributed by atoms with Crippen LogP contribution in [-0.4, -0.2) is 16.1 Å². The molecule has 1 aromatic heterocycles. The van der Waals surface area contributed by atoms with Crippen molar-refractivity contribution in [1.29, 1.82) is 0 Å². The van der Waals surface area contributed by atoms with Gasteiger partial charge in [-0.2, -0.15) is 0 Å². The number of aromatic carboxylic acids is 1. The number of oxazole rings is 1. The third-order valence-electron chi connectivity index (χ3n) is 2.83. The van der Waals surface area contributed by atoms with Crippen molar-refractivity contribution in [3.63, 3.8) is 0 Å². The topological polar surface area (TPSA) is 75.4 Å². The van der Waals surface area contributed by atoms with Gasteiger partial charge in [0.2, 0.25) is 0 Å². The van der Waals surface area contributed by atoms with E-state index in [0.29, 0.717) is 5.69 Å². The van der Waals surface area contributed by atoms with Gasteiger partial charge in [0, 0.05) is 12.1 Å². The largest absolute Gasteiger partial charge is 0.474 e. The second-order valence-corrected chi connectivity index (χ2v) is 3.94. The molecule has 5 heteroatoms.